The van der Waals surface area contributed by atoms with E-state index >= 15 is 0 Å². The number of hydrogen-bond donors (Lipinski definition) is 2. The van der Waals surface area contributed by atoms with Crippen LogP contribution in [0.3, 0.4) is 0 Å². The highest BCUT2D eigenvalue weighted by atomic mass is 32.2. The van der Waals surface area contributed by atoms with E-state index < -0.39 is 30.1 Å². The summed E-state index contributed by atoms with van der Waals surface area (Å²) >= 11 is 1.32. The van der Waals surface area contributed by atoms with Crippen LogP contribution in [0.25, 0.3) is 11.1 Å². The number of carboxylic acids is 1. The van der Waals surface area contributed by atoms with Gasteiger partial charge < -0.3 is 24.5 Å². The second-order valence-electron chi connectivity index (χ2n) is 7.27. The molecule has 2 aromatic carbocycles. The monoisotopic (exact) mass is 490 g/mol. The molecule has 0 spiro atoms. The third-order valence-electron chi connectivity index (χ3n) is 4.91. The van der Waals surface area contributed by atoms with Gasteiger partial charge in [0.1, 0.15) is 24.7 Å². The molecule has 0 aliphatic heterocycles. The van der Waals surface area contributed by atoms with Gasteiger partial charge in [0.25, 0.3) is 5.91 Å². The van der Waals surface area contributed by atoms with Gasteiger partial charge in [-0.25, -0.2) is 8.78 Å². The number of ether oxygens (including phenoxy) is 1. The summed E-state index contributed by atoms with van der Waals surface area (Å²) in [5, 5.41) is 11.9. The lowest BCUT2D eigenvalue weighted by Crippen LogP contribution is -2.39. The fourth-order valence-corrected chi connectivity index (χ4v) is 3.81. The molecule has 0 fully saturated rings. The van der Waals surface area contributed by atoms with Crippen LogP contribution in [-0.4, -0.2) is 54.8 Å². The predicted molar refractivity (Wildman–Crippen MR) is 124 cm³/mol. The molecule has 3 aromatic rings. The summed E-state index contributed by atoms with van der Waals surface area (Å²) in [4.78, 5) is 25.4. The molecule has 0 aliphatic carbocycles. The van der Waals surface area contributed by atoms with Crippen LogP contribution in [0.2, 0.25) is 0 Å². The van der Waals surface area contributed by atoms with Crippen molar-refractivity contribution < 1.29 is 32.6 Å². The quantitative estimate of drug-likeness (QED) is 0.388. The summed E-state index contributed by atoms with van der Waals surface area (Å²) in [5.74, 6) is -2.51. The van der Waals surface area contributed by atoms with Crippen LogP contribution in [0.15, 0.2) is 57.8 Å². The number of halogens is 2. The van der Waals surface area contributed by atoms with Gasteiger partial charge in [0.2, 0.25) is 0 Å². The highest BCUT2D eigenvalue weighted by Crippen LogP contribution is 2.33. The summed E-state index contributed by atoms with van der Waals surface area (Å²) in [6, 6.07) is 12.3. The second-order valence-corrected chi connectivity index (χ2v) is 8.12. The Hall–Kier alpha value is -3.37. The molecule has 34 heavy (non-hydrogen) atoms. The molecule has 0 atom stereocenters. The van der Waals surface area contributed by atoms with Crippen LogP contribution >= 0.6 is 11.8 Å². The van der Waals surface area contributed by atoms with Crippen LogP contribution in [0.4, 0.5) is 8.78 Å². The maximum absolute atomic E-state index is 13.7. The number of likely N-dealkylation sites (N-methyl/N-ethyl adjacent to an activating group) is 1. The number of nitrogens with zero attached hydrogens (tertiary/aromatic N) is 1. The van der Waals surface area contributed by atoms with Gasteiger partial charge in [-0.1, -0.05) is 12.1 Å². The third-order valence-corrected chi connectivity index (χ3v) is 5.68. The molecule has 0 unspecified atom stereocenters. The Balaban J connectivity index is 1.65. The zero-order chi connectivity index (χ0) is 24.7. The summed E-state index contributed by atoms with van der Waals surface area (Å²) in [6.07, 6.45) is 1.79. The Morgan fingerprint density at radius 1 is 1.12 bits per heavy atom. The van der Waals surface area contributed by atoms with Crippen LogP contribution in [0, 0.1) is 11.6 Å². The Labute approximate surface area is 199 Å². The molecule has 7 nitrogen and oxygen atoms in total. The molecule has 1 amide bonds. The Kier molecular flexibility index (Phi) is 8.67. The van der Waals surface area contributed by atoms with Gasteiger partial charge in [-0.15, -0.1) is 11.8 Å². The first-order chi connectivity index (χ1) is 16.3. The Bertz CT molecular complexity index is 1150. The second kappa shape index (κ2) is 11.7. The Morgan fingerprint density at radius 3 is 2.47 bits per heavy atom. The smallest absolute Gasteiger partial charge is 0.323 e. The third kappa shape index (κ3) is 6.36. The first kappa shape index (κ1) is 25.3. The lowest BCUT2D eigenvalue weighted by molar-refractivity contribution is -0.137. The minimum Gasteiger partial charge on any atom is -0.486 e. The van der Waals surface area contributed by atoms with Crippen LogP contribution in [0.1, 0.15) is 16.3 Å². The van der Waals surface area contributed by atoms with Crippen molar-refractivity contribution in [3.8, 4) is 16.9 Å². The molecule has 1 aromatic heterocycles. The van der Waals surface area contributed by atoms with Gasteiger partial charge in [-0.2, -0.15) is 0 Å². The van der Waals surface area contributed by atoms with E-state index in [-0.39, 0.29) is 18.9 Å². The van der Waals surface area contributed by atoms with Crippen molar-refractivity contribution in [2.75, 3.05) is 32.9 Å². The van der Waals surface area contributed by atoms with Crippen LogP contribution < -0.4 is 10.1 Å². The number of carbonyl (C=O) groups excluding carboxylic acids is 1. The van der Waals surface area contributed by atoms with Crippen molar-refractivity contribution in [2.24, 2.45) is 0 Å². The molecule has 0 saturated carbocycles. The SMILES string of the molecule is CNCCN(CC(=O)O)C(=O)c1ccc(COc2ccc(-c3cc(F)c(F)cc3SC)cc2)o1. The number of nitrogens with one attached hydrogen (secondary N) is 1. The first-order valence-electron chi connectivity index (χ1n) is 10.3. The number of rotatable bonds is 11. The average molecular weight is 491 g/mol. The van der Waals surface area contributed by atoms with E-state index in [1.807, 2.05) is 0 Å². The van der Waals surface area contributed by atoms with Crippen molar-refractivity contribution in [1.29, 1.82) is 0 Å². The van der Waals surface area contributed by atoms with E-state index in [0.29, 0.717) is 34.1 Å². The number of carbonyl (C=O) groups is 2. The van der Waals surface area contributed by atoms with Crippen LogP contribution in [0.5, 0.6) is 5.75 Å². The minimum atomic E-state index is -1.11. The maximum atomic E-state index is 13.7. The number of aliphatic carboxylic acids is 1. The molecular weight excluding hydrogens is 466 g/mol. The highest BCUT2D eigenvalue weighted by molar-refractivity contribution is 7.98. The number of carboxylic acid groups (broad SMARTS) is 1. The molecule has 0 bridgehead atoms. The summed E-state index contributed by atoms with van der Waals surface area (Å²) in [7, 11) is 1.71. The largest absolute Gasteiger partial charge is 0.486 e. The molecule has 0 radical (unpaired) electrons. The number of amides is 1. The van der Waals surface area contributed by atoms with E-state index in [9.17, 15) is 18.4 Å². The zero-order valence-corrected chi connectivity index (χ0v) is 19.5. The summed E-state index contributed by atoms with van der Waals surface area (Å²) in [6.45, 7) is 0.268. The van der Waals surface area contributed by atoms with Gasteiger partial charge >= 0.3 is 5.97 Å². The van der Waals surface area contributed by atoms with Gasteiger partial charge in [-0.05, 0) is 60.8 Å². The number of hydrogen-bond acceptors (Lipinski definition) is 6. The van der Waals surface area contributed by atoms with E-state index in [0.717, 1.165) is 0 Å². The number of furan rings is 1. The van der Waals surface area contributed by atoms with Gasteiger partial charge in [0, 0.05) is 18.0 Å². The fraction of sp³-hybridized carbons (Fsp3) is 0.250. The van der Waals surface area contributed by atoms with Gasteiger partial charge in [0.05, 0.1) is 0 Å². The average Bonchev–Trinajstić information content (AvgIpc) is 3.30. The molecule has 180 valence electrons. The molecule has 2 N–H and O–H groups in total. The highest BCUT2D eigenvalue weighted by Gasteiger charge is 2.21. The summed E-state index contributed by atoms with van der Waals surface area (Å²) in [5.41, 5.74) is 1.29. The Morgan fingerprint density at radius 2 is 1.82 bits per heavy atom. The predicted octanol–water partition coefficient (Wildman–Crippen LogP) is 4.27. The van der Waals surface area contributed by atoms with Crippen molar-refractivity contribution in [2.45, 2.75) is 11.5 Å². The van der Waals surface area contributed by atoms with E-state index in [1.165, 1.54) is 34.9 Å². The van der Waals surface area contributed by atoms with Gasteiger partial charge in [0.15, 0.2) is 17.4 Å². The lowest BCUT2D eigenvalue weighted by Gasteiger charge is -2.19. The van der Waals surface area contributed by atoms with Crippen molar-refractivity contribution >= 4 is 23.6 Å². The van der Waals surface area contributed by atoms with Crippen molar-refractivity contribution in [3.63, 3.8) is 0 Å². The maximum Gasteiger partial charge on any atom is 0.323 e. The molecule has 0 saturated heterocycles. The lowest BCUT2D eigenvalue weighted by atomic mass is 10.1. The number of benzene rings is 2. The van der Waals surface area contributed by atoms with E-state index in [2.05, 4.69) is 5.32 Å². The van der Waals surface area contributed by atoms with Crippen molar-refractivity contribution in [1.82, 2.24) is 10.2 Å². The fourth-order valence-electron chi connectivity index (χ4n) is 3.20. The first-order valence-corrected chi connectivity index (χ1v) is 11.6. The van der Waals surface area contributed by atoms with Crippen molar-refractivity contribution in [3.05, 3.63) is 71.7 Å². The topological polar surface area (TPSA) is 92.0 Å². The standard InChI is InChI=1S/C24H24F2N2O5S/c1-27-9-10-28(13-23(29)30)24(31)21-8-7-17(33-21)14-32-16-5-3-15(4-6-16)18-11-19(25)20(26)12-22(18)34-2/h3-8,11-12,27H,9-10,13-14H2,1-2H3,(H,29,30). The number of thioether (sulfide) groups is 1. The zero-order valence-electron chi connectivity index (χ0n) is 18.6. The van der Waals surface area contributed by atoms with Crippen LogP contribution in [-0.2, 0) is 11.4 Å². The normalized spacial score (nSPS) is 10.8. The van der Waals surface area contributed by atoms with E-state index in [1.54, 1.807) is 43.6 Å². The van der Waals surface area contributed by atoms with Gasteiger partial charge in [-0.3, -0.25) is 9.59 Å². The molecule has 3 rings (SSSR count). The molecular formula is C24H24F2N2O5S. The summed E-state index contributed by atoms with van der Waals surface area (Å²) < 4.78 is 38.5. The molecule has 0 aliphatic rings. The molecule has 10 heteroatoms. The molecule has 1 heterocycles. The van der Waals surface area contributed by atoms with E-state index in [4.69, 9.17) is 14.3 Å². The minimum absolute atomic E-state index is 0.0224.